The van der Waals surface area contributed by atoms with Crippen LogP contribution in [0, 0.1) is 0 Å². The minimum atomic E-state index is -0.716. The predicted octanol–water partition coefficient (Wildman–Crippen LogP) is 7.22. The van der Waals surface area contributed by atoms with Crippen molar-refractivity contribution in [1.82, 2.24) is 10.2 Å². The average Bonchev–Trinajstić information content (AvgIpc) is 2.92. The molecule has 8 heteroatoms. The Morgan fingerprint density at radius 2 is 1.66 bits per heavy atom. The van der Waals surface area contributed by atoms with Gasteiger partial charge in [0.15, 0.2) is 6.61 Å². The molecule has 3 aromatic carbocycles. The third kappa shape index (κ3) is 8.23. The maximum Gasteiger partial charge on any atom is 0.261 e. The molecule has 1 N–H and O–H groups in total. The monoisotopic (exact) mass is 616 g/mol. The molecule has 0 aliphatic heterocycles. The molecule has 0 aromatic heterocycles. The highest BCUT2D eigenvalue weighted by Gasteiger charge is 2.32. The molecule has 4 rings (SSSR count). The average molecular weight is 618 g/mol. The van der Waals surface area contributed by atoms with Crippen molar-refractivity contribution in [2.24, 2.45) is 0 Å². The van der Waals surface area contributed by atoms with Crippen molar-refractivity contribution in [3.05, 3.63) is 98.4 Å². The number of halogens is 3. The van der Waals surface area contributed by atoms with E-state index < -0.39 is 6.04 Å². The number of benzene rings is 3. The fourth-order valence-corrected chi connectivity index (χ4v) is 5.55. The maximum atomic E-state index is 13.8. The molecule has 1 aliphatic rings. The van der Waals surface area contributed by atoms with E-state index in [1.807, 2.05) is 42.5 Å². The Balaban J connectivity index is 1.61. The summed E-state index contributed by atoms with van der Waals surface area (Å²) in [4.78, 5) is 29.1. The molecule has 38 heavy (non-hydrogen) atoms. The summed E-state index contributed by atoms with van der Waals surface area (Å²) in [7, 11) is 0. The van der Waals surface area contributed by atoms with Crippen LogP contribution in [-0.4, -0.2) is 35.4 Å². The van der Waals surface area contributed by atoms with Crippen LogP contribution in [0.1, 0.15) is 43.2 Å². The van der Waals surface area contributed by atoms with Gasteiger partial charge in [0.1, 0.15) is 11.8 Å². The lowest BCUT2D eigenvalue weighted by molar-refractivity contribution is -0.143. The number of hydrogen-bond donors (Lipinski definition) is 1. The second-order valence-corrected chi connectivity index (χ2v) is 11.3. The topological polar surface area (TPSA) is 58.6 Å². The quantitative estimate of drug-likeness (QED) is 0.261. The number of ether oxygens (including phenoxy) is 1. The summed E-state index contributed by atoms with van der Waals surface area (Å²) in [5, 5.41) is 4.24. The zero-order chi connectivity index (χ0) is 26.9. The van der Waals surface area contributed by atoms with E-state index in [0.29, 0.717) is 22.2 Å². The van der Waals surface area contributed by atoms with Crippen LogP contribution in [0.15, 0.2) is 77.3 Å². The predicted molar refractivity (Wildman–Crippen MR) is 156 cm³/mol. The summed E-state index contributed by atoms with van der Waals surface area (Å²) in [5.41, 5.74) is 1.84. The molecule has 0 spiro atoms. The summed E-state index contributed by atoms with van der Waals surface area (Å²) in [5.74, 6) is -0.0515. The Bertz CT molecular complexity index is 1220. The first-order chi connectivity index (χ1) is 18.4. The van der Waals surface area contributed by atoms with Crippen LogP contribution in [0.25, 0.3) is 0 Å². The van der Waals surface area contributed by atoms with Gasteiger partial charge in [-0.05, 0) is 54.3 Å². The molecule has 0 saturated heterocycles. The van der Waals surface area contributed by atoms with Crippen molar-refractivity contribution in [2.45, 2.75) is 57.2 Å². The Hall–Kier alpha value is -2.54. The fourth-order valence-electron chi connectivity index (χ4n) is 4.70. The molecule has 1 fully saturated rings. The number of carbonyl (C=O) groups excluding carboxylic acids is 2. The summed E-state index contributed by atoms with van der Waals surface area (Å²) in [6.07, 6.45) is 5.70. The number of rotatable bonds is 10. The van der Waals surface area contributed by atoms with Crippen LogP contribution < -0.4 is 10.1 Å². The van der Waals surface area contributed by atoms with Gasteiger partial charge >= 0.3 is 0 Å². The van der Waals surface area contributed by atoms with Gasteiger partial charge in [-0.3, -0.25) is 9.59 Å². The minimum Gasteiger partial charge on any atom is -0.482 e. The van der Waals surface area contributed by atoms with E-state index >= 15 is 0 Å². The number of hydrogen-bond acceptors (Lipinski definition) is 3. The number of nitrogens with zero attached hydrogens (tertiary/aromatic N) is 1. The van der Waals surface area contributed by atoms with Gasteiger partial charge in [-0.25, -0.2) is 0 Å². The van der Waals surface area contributed by atoms with Gasteiger partial charge < -0.3 is 15.0 Å². The second kappa shape index (κ2) is 14.0. The Kier molecular flexibility index (Phi) is 10.5. The van der Waals surface area contributed by atoms with E-state index in [-0.39, 0.29) is 31.0 Å². The molecule has 0 unspecified atom stereocenters. The SMILES string of the molecule is O=C(NC1CCCCC1)[C@H](Cc1ccccc1)N(Cc1ccc(Cl)cc1)C(=O)COc1ccc(Br)cc1Cl. The number of amides is 2. The molecule has 1 saturated carbocycles. The lowest BCUT2D eigenvalue weighted by Gasteiger charge is -2.33. The van der Waals surface area contributed by atoms with Gasteiger partial charge in [0.05, 0.1) is 5.02 Å². The molecule has 200 valence electrons. The van der Waals surface area contributed by atoms with Gasteiger partial charge in [0, 0.05) is 28.5 Å². The molecule has 0 heterocycles. The summed E-state index contributed by atoms with van der Waals surface area (Å²) in [6.45, 7) is -0.0139. The van der Waals surface area contributed by atoms with Gasteiger partial charge in [0.25, 0.3) is 5.91 Å². The summed E-state index contributed by atoms with van der Waals surface area (Å²) < 4.78 is 6.64. The first kappa shape index (κ1) is 28.5. The molecule has 1 aliphatic carbocycles. The van der Waals surface area contributed by atoms with Gasteiger partial charge in [-0.1, -0.05) is 101 Å². The first-order valence-electron chi connectivity index (χ1n) is 12.8. The number of nitrogens with one attached hydrogen (secondary N) is 1. The van der Waals surface area contributed by atoms with Crippen LogP contribution in [-0.2, 0) is 22.6 Å². The van der Waals surface area contributed by atoms with Crippen molar-refractivity contribution in [3.8, 4) is 5.75 Å². The van der Waals surface area contributed by atoms with Gasteiger partial charge in [-0.15, -0.1) is 0 Å². The number of carbonyl (C=O) groups is 2. The molecular formula is C30H31BrCl2N2O3. The van der Waals surface area contributed by atoms with Crippen LogP contribution in [0.5, 0.6) is 5.75 Å². The van der Waals surface area contributed by atoms with E-state index in [9.17, 15) is 9.59 Å². The highest BCUT2D eigenvalue weighted by Crippen LogP contribution is 2.28. The highest BCUT2D eigenvalue weighted by atomic mass is 79.9. The normalized spacial score (nSPS) is 14.5. The molecular weight excluding hydrogens is 587 g/mol. The molecule has 5 nitrogen and oxygen atoms in total. The summed E-state index contributed by atoms with van der Waals surface area (Å²) >= 11 is 15.8. The van der Waals surface area contributed by atoms with E-state index in [1.54, 1.807) is 35.2 Å². The standard InChI is InChI=1S/C30H31BrCl2N2O3/c31-23-13-16-28(26(33)18-23)38-20-29(36)35(19-22-11-14-24(32)15-12-22)27(17-21-7-3-1-4-8-21)30(37)34-25-9-5-2-6-10-25/h1,3-4,7-8,11-16,18,25,27H,2,5-6,9-10,17,19-20H2,(H,34,37)/t27-/m0/s1. The third-order valence-corrected chi connectivity index (χ3v) is 7.77. The fraction of sp³-hybridized carbons (Fsp3) is 0.333. The van der Waals surface area contributed by atoms with Crippen LogP contribution in [0.4, 0.5) is 0 Å². The van der Waals surface area contributed by atoms with E-state index in [1.165, 1.54) is 6.42 Å². The molecule has 0 radical (unpaired) electrons. The smallest absolute Gasteiger partial charge is 0.261 e. The zero-order valence-corrected chi connectivity index (χ0v) is 24.1. The Morgan fingerprint density at radius 1 is 0.947 bits per heavy atom. The minimum absolute atomic E-state index is 0.125. The van der Waals surface area contributed by atoms with Crippen molar-refractivity contribution in [1.29, 1.82) is 0 Å². The van der Waals surface area contributed by atoms with Crippen LogP contribution >= 0.6 is 39.1 Å². The molecule has 2 amide bonds. The van der Waals surface area contributed by atoms with Crippen molar-refractivity contribution in [2.75, 3.05) is 6.61 Å². The van der Waals surface area contributed by atoms with Crippen LogP contribution in [0.2, 0.25) is 10.0 Å². The lowest BCUT2D eigenvalue weighted by Crippen LogP contribution is -2.53. The Morgan fingerprint density at radius 3 is 2.34 bits per heavy atom. The zero-order valence-electron chi connectivity index (χ0n) is 21.0. The molecule has 0 bridgehead atoms. The van der Waals surface area contributed by atoms with E-state index in [4.69, 9.17) is 27.9 Å². The molecule has 1 atom stereocenters. The van der Waals surface area contributed by atoms with Gasteiger partial charge in [-0.2, -0.15) is 0 Å². The third-order valence-electron chi connectivity index (χ3n) is 6.73. The van der Waals surface area contributed by atoms with Crippen LogP contribution in [0.3, 0.4) is 0 Å². The first-order valence-corrected chi connectivity index (χ1v) is 14.4. The Labute approximate surface area is 242 Å². The van der Waals surface area contributed by atoms with E-state index in [2.05, 4.69) is 21.2 Å². The van der Waals surface area contributed by atoms with Crippen molar-refractivity contribution < 1.29 is 14.3 Å². The van der Waals surface area contributed by atoms with E-state index in [0.717, 1.165) is 41.3 Å². The molecule has 3 aromatic rings. The highest BCUT2D eigenvalue weighted by molar-refractivity contribution is 9.10. The summed E-state index contributed by atoms with van der Waals surface area (Å²) in [6, 6.07) is 21.7. The van der Waals surface area contributed by atoms with Crippen molar-refractivity contribution in [3.63, 3.8) is 0 Å². The largest absolute Gasteiger partial charge is 0.482 e. The second-order valence-electron chi connectivity index (χ2n) is 9.56. The van der Waals surface area contributed by atoms with Gasteiger partial charge in [0.2, 0.25) is 5.91 Å². The maximum absolute atomic E-state index is 13.8. The lowest BCUT2D eigenvalue weighted by atomic mass is 9.94. The van der Waals surface area contributed by atoms with Crippen molar-refractivity contribution >= 4 is 50.9 Å².